The fraction of sp³-hybridized carbons (Fsp3) is 0.318. The van der Waals surface area contributed by atoms with Crippen molar-refractivity contribution in [3.8, 4) is 0 Å². The number of hydrogen-bond donors (Lipinski definition) is 2. The molecule has 1 aromatic carbocycles. The third-order valence-electron chi connectivity index (χ3n) is 6.22. The number of nitrogens with zero attached hydrogens (tertiary/aromatic N) is 4. The van der Waals surface area contributed by atoms with E-state index in [9.17, 15) is 13.2 Å². The van der Waals surface area contributed by atoms with Gasteiger partial charge in [0, 0.05) is 43.9 Å². The number of nitrogens with two attached hydrogens (primary N) is 1. The number of carbonyl (C=O) groups excluding carboxylic acids is 1. The Morgan fingerprint density at radius 1 is 1.09 bits per heavy atom. The Bertz CT molecular complexity index is 1290. The highest BCUT2D eigenvalue weighted by Gasteiger charge is 2.47. The number of benzene rings is 1. The van der Waals surface area contributed by atoms with Crippen LogP contribution in [0.3, 0.4) is 0 Å². The Balaban J connectivity index is 1.31. The van der Waals surface area contributed by atoms with Gasteiger partial charge in [-0.3, -0.25) is 4.79 Å². The lowest BCUT2D eigenvalue weighted by atomic mass is 10.1. The first-order valence-corrected chi connectivity index (χ1v) is 12.0. The number of anilines is 1. The molecule has 9 nitrogen and oxygen atoms in total. The van der Waals surface area contributed by atoms with Crippen LogP contribution in [0.25, 0.3) is 17.1 Å². The first-order valence-electron chi connectivity index (χ1n) is 10.5. The molecular weight excluding hydrogens is 428 g/mol. The SMILES string of the molecule is NS(=O)(=O)c1ccc(/C=C/C(=O)N2CCN(c3ncnc4[nH]ccc34)CC3(CC3)C2)cc1. The molecule has 1 saturated carbocycles. The van der Waals surface area contributed by atoms with Crippen LogP contribution >= 0.6 is 0 Å². The van der Waals surface area contributed by atoms with Gasteiger partial charge in [-0.2, -0.15) is 0 Å². The second-order valence-electron chi connectivity index (χ2n) is 8.57. The lowest BCUT2D eigenvalue weighted by Crippen LogP contribution is -2.35. The first-order chi connectivity index (χ1) is 15.3. The molecule has 0 atom stereocenters. The molecule has 2 aromatic heterocycles. The summed E-state index contributed by atoms with van der Waals surface area (Å²) in [4.78, 5) is 29.1. The zero-order valence-electron chi connectivity index (χ0n) is 17.4. The number of rotatable bonds is 4. The number of nitrogens with one attached hydrogen (secondary N) is 1. The maximum absolute atomic E-state index is 13.0. The van der Waals surface area contributed by atoms with E-state index >= 15 is 0 Å². The maximum atomic E-state index is 13.0. The Labute approximate surface area is 186 Å². The molecule has 1 spiro atoms. The van der Waals surface area contributed by atoms with E-state index in [-0.39, 0.29) is 16.2 Å². The minimum atomic E-state index is -3.73. The van der Waals surface area contributed by atoms with Gasteiger partial charge in [-0.1, -0.05) is 12.1 Å². The van der Waals surface area contributed by atoms with Crippen molar-refractivity contribution in [3.63, 3.8) is 0 Å². The summed E-state index contributed by atoms with van der Waals surface area (Å²) in [6, 6.07) is 8.13. The summed E-state index contributed by atoms with van der Waals surface area (Å²) in [5, 5.41) is 6.12. The topological polar surface area (TPSA) is 125 Å². The zero-order chi connectivity index (χ0) is 22.3. The molecule has 3 aromatic rings. The summed E-state index contributed by atoms with van der Waals surface area (Å²) in [5.74, 6) is 0.852. The molecule has 1 saturated heterocycles. The number of aromatic amines is 1. The van der Waals surface area contributed by atoms with Gasteiger partial charge in [0.1, 0.15) is 17.8 Å². The lowest BCUT2D eigenvalue weighted by Gasteiger charge is -2.25. The monoisotopic (exact) mass is 452 g/mol. The van der Waals surface area contributed by atoms with Crippen molar-refractivity contribution >= 4 is 38.9 Å². The number of aromatic nitrogens is 3. The van der Waals surface area contributed by atoms with Crippen LogP contribution in [0.2, 0.25) is 0 Å². The fourth-order valence-corrected chi connectivity index (χ4v) is 4.79. The average molecular weight is 453 g/mol. The Hall–Kier alpha value is -3.24. The van der Waals surface area contributed by atoms with Crippen LogP contribution in [0.15, 0.2) is 53.8 Å². The van der Waals surface area contributed by atoms with E-state index in [1.807, 2.05) is 17.2 Å². The van der Waals surface area contributed by atoms with Crippen molar-refractivity contribution < 1.29 is 13.2 Å². The molecule has 2 fully saturated rings. The molecule has 3 N–H and O–H groups in total. The zero-order valence-corrected chi connectivity index (χ0v) is 18.3. The third kappa shape index (κ3) is 4.11. The number of hydrogen-bond acceptors (Lipinski definition) is 6. The second kappa shape index (κ2) is 7.72. The molecule has 32 heavy (non-hydrogen) atoms. The minimum Gasteiger partial charge on any atom is -0.354 e. The van der Waals surface area contributed by atoms with Crippen LogP contribution in [0.4, 0.5) is 5.82 Å². The van der Waals surface area contributed by atoms with E-state index in [1.54, 1.807) is 30.6 Å². The van der Waals surface area contributed by atoms with Crippen molar-refractivity contribution in [2.24, 2.45) is 10.6 Å². The van der Waals surface area contributed by atoms with Crippen LogP contribution in [0, 0.1) is 5.41 Å². The number of H-pyrrole nitrogens is 1. The molecular formula is C22H24N6O3S. The van der Waals surface area contributed by atoms with Gasteiger partial charge in [0.05, 0.1) is 10.3 Å². The van der Waals surface area contributed by atoms with E-state index in [0.717, 1.165) is 48.3 Å². The van der Waals surface area contributed by atoms with E-state index in [4.69, 9.17) is 5.14 Å². The highest BCUT2D eigenvalue weighted by molar-refractivity contribution is 7.89. The van der Waals surface area contributed by atoms with Crippen molar-refractivity contribution in [1.29, 1.82) is 0 Å². The summed E-state index contributed by atoms with van der Waals surface area (Å²) >= 11 is 0. The number of primary sulfonamides is 1. The normalized spacial score (nSPS) is 18.4. The average Bonchev–Trinajstić information content (AvgIpc) is 3.41. The Kier molecular flexibility index (Phi) is 4.98. The van der Waals surface area contributed by atoms with Gasteiger partial charge < -0.3 is 14.8 Å². The highest BCUT2D eigenvalue weighted by atomic mass is 32.2. The van der Waals surface area contributed by atoms with Crippen LogP contribution in [-0.4, -0.2) is 60.4 Å². The van der Waals surface area contributed by atoms with Crippen LogP contribution < -0.4 is 10.0 Å². The van der Waals surface area contributed by atoms with Crippen molar-refractivity contribution in [3.05, 3.63) is 54.5 Å². The van der Waals surface area contributed by atoms with Gasteiger partial charge in [0.2, 0.25) is 15.9 Å². The molecule has 10 heteroatoms. The molecule has 166 valence electrons. The van der Waals surface area contributed by atoms with E-state index in [0.29, 0.717) is 13.1 Å². The highest BCUT2D eigenvalue weighted by Crippen LogP contribution is 2.48. The standard InChI is InChI=1S/C22H24N6O3S/c23-32(30,31)17-4-1-16(2-5-17)3-6-19(29)27-11-12-28(14-22(13-27)8-9-22)21-18-7-10-24-20(18)25-15-26-21/h1-7,10,15H,8-9,11-14H2,(H2,23,30,31)(H,24,25,26)/b6-3+. The minimum absolute atomic E-state index is 0.0468. The molecule has 1 aliphatic carbocycles. The molecule has 5 rings (SSSR count). The van der Waals surface area contributed by atoms with Gasteiger partial charge in [0.15, 0.2) is 0 Å². The molecule has 0 radical (unpaired) electrons. The van der Waals surface area contributed by atoms with E-state index in [1.165, 1.54) is 12.1 Å². The van der Waals surface area contributed by atoms with Crippen LogP contribution in [0.5, 0.6) is 0 Å². The summed E-state index contributed by atoms with van der Waals surface area (Å²) in [7, 11) is -3.73. The summed E-state index contributed by atoms with van der Waals surface area (Å²) in [6.07, 6.45) is 8.87. The predicted octanol–water partition coefficient (Wildman–Crippen LogP) is 1.75. The molecule has 3 heterocycles. The maximum Gasteiger partial charge on any atom is 0.246 e. The van der Waals surface area contributed by atoms with Crippen molar-refractivity contribution in [1.82, 2.24) is 19.9 Å². The van der Waals surface area contributed by atoms with Gasteiger partial charge in [-0.25, -0.2) is 23.5 Å². The smallest absolute Gasteiger partial charge is 0.246 e. The van der Waals surface area contributed by atoms with Crippen molar-refractivity contribution in [2.75, 3.05) is 31.1 Å². The quantitative estimate of drug-likeness (QED) is 0.581. The molecule has 1 amide bonds. The number of carbonyl (C=O) groups is 1. The van der Waals surface area contributed by atoms with E-state index < -0.39 is 10.0 Å². The van der Waals surface area contributed by atoms with Crippen LogP contribution in [-0.2, 0) is 14.8 Å². The molecule has 2 aliphatic rings. The second-order valence-corrected chi connectivity index (χ2v) is 10.1. The predicted molar refractivity (Wildman–Crippen MR) is 121 cm³/mol. The molecule has 0 bridgehead atoms. The van der Waals surface area contributed by atoms with Crippen LogP contribution in [0.1, 0.15) is 18.4 Å². The molecule has 0 unspecified atom stereocenters. The van der Waals surface area contributed by atoms with Gasteiger partial charge in [0.25, 0.3) is 0 Å². The summed E-state index contributed by atoms with van der Waals surface area (Å²) < 4.78 is 22.8. The summed E-state index contributed by atoms with van der Waals surface area (Å²) in [5.41, 5.74) is 1.65. The Morgan fingerprint density at radius 2 is 1.88 bits per heavy atom. The Morgan fingerprint density at radius 3 is 2.59 bits per heavy atom. The lowest BCUT2D eigenvalue weighted by molar-refractivity contribution is -0.126. The summed E-state index contributed by atoms with van der Waals surface area (Å²) in [6.45, 7) is 2.89. The van der Waals surface area contributed by atoms with Gasteiger partial charge in [-0.05, 0) is 42.7 Å². The number of fused-ring (bicyclic) bond motifs is 1. The van der Waals surface area contributed by atoms with Crippen molar-refractivity contribution in [2.45, 2.75) is 17.7 Å². The largest absolute Gasteiger partial charge is 0.354 e. The number of sulfonamides is 1. The fourth-order valence-electron chi connectivity index (χ4n) is 4.27. The number of amides is 1. The molecule has 1 aliphatic heterocycles. The first kappa shape index (κ1) is 20.7. The van der Waals surface area contributed by atoms with Gasteiger partial charge >= 0.3 is 0 Å². The third-order valence-corrected chi connectivity index (χ3v) is 7.15. The van der Waals surface area contributed by atoms with Gasteiger partial charge in [-0.15, -0.1) is 0 Å². The van der Waals surface area contributed by atoms with E-state index in [2.05, 4.69) is 19.9 Å².